The molecule has 0 aromatic heterocycles. The molecule has 0 saturated heterocycles. The van der Waals surface area contributed by atoms with Crippen molar-refractivity contribution < 1.29 is 28.4 Å². The van der Waals surface area contributed by atoms with Gasteiger partial charge >= 0.3 is 7.82 Å². The number of carbonyl (C=O) groups excluding carboxylic acids is 1. The van der Waals surface area contributed by atoms with Crippen LogP contribution in [0.2, 0.25) is 0 Å². The van der Waals surface area contributed by atoms with E-state index in [4.69, 9.17) is 14.8 Å². The van der Waals surface area contributed by atoms with Crippen molar-refractivity contribution in [2.45, 2.75) is 244 Å². The standard InChI is InChI=1S/C42H87N2O6P/c1-3-5-7-9-11-13-15-17-18-19-20-21-22-23-24-25-27-29-31-33-35-41(45)40(39-50-51(47,48)49-38-37-43)44-42(46)36-34-32-30-28-26-16-14-12-10-8-6-4-2/h40-41,45H,3-39,43H2,1-2H3,(H,44,46)(H,47,48). The molecule has 0 heterocycles. The van der Waals surface area contributed by atoms with Crippen LogP contribution in [0.3, 0.4) is 0 Å². The lowest BCUT2D eigenvalue weighted by Crippen LogP contribution is -2.46. The molecule has 51 heavy (non-hydrogen) atoms. The third-order valence-electron chi connectivity index (χ3n) is 10.2. The van der Waals surface area contributed by atoms with Crippen LogP contribution in [0, 0.1) is 0 Å². The molecule has 0 aliphatic rings. The third-order valence-corrected chi connectivity index (χ3v) is 11.2. The molecule has 3 atom stereocenters. The number of unbranched alkanes of at least 4 members (excludes halogenated alkanes) is 30. The maximum atomic E-state index is 12.7. The number of amides is 1. The molecule has 0 aromatic carbocycles. The van der Waals surface area contributed by atoms with Gasteiger partial charge < -0.3 is 21.1 Å². The van der Waals surface area contributed by atoms with Gasteiger partial charge in [0.1, 0.15) is 0 Å². The van der Waals surface area contributed by atoms with E-state index in [-0.39, 0.29) is 25.7 Å². The first-order valence-electron chi connectivity index (χ1n) is 22.2. The maximum absolute atomic E-state index is 12.7. The number of hydrogen-bond acceptors (Lipinski definition) is 6. The Hall–Kier alpha value is -0.500. The van der Waals surface area contributed by atoms with E-state index >= 15 is 0 Å². The monoisotopic (exact) mass is 747 g/mol. The second kappa shape index (κ2) is 39.2. The quantitative estimate of drug-likeness (QED) is 0.0361. The highest BCUT2D eigenvalue weighted by molar-refractivity contribution is 7.47. The fraction of sp³-hybridized carbons (Fsp3) is 0.976. The first-order chi connectivity index (χ1) is 24.9. The van der Waals surface area contributed by atoms with Crippen molar-refractivity contribution >= 4 is 13.7 Å². The molecule has 0 aromatic rings. The second-order valence-electron chi connectivity index (χ2n) is 15.3. The summed E-state index contributed by atoms with van der Waals surface area (Å²) in [4.78, 5) is 22.7. The molecule has 0 bridgehead atoms. The summed E-state index contributed by atoms with van der Waals surface area (Å²) in [6.07, 6.45) is 41.1. The molecule has 0 radical (unpaired) electrons. The molecule has 5 N–H and O–H groups in total. The highest BCUT2D eigenvalue weighted by Crippen LogP contribution is 2.43. The van der Waals surface area contributed by atoms with Crippen molar-refractivity contribution in [3.05, 3.63) is 0 Å². The molecule has 0 fully saturated rings. The molecule has 306 valence electrons. The largest absolute Gasteiger partial charge is 0.472 e. The number of hydrogen-bond donors (Lipinski definition) is 4. The molecule has 1 amide bonds. The fourth-order valence-electron chi connectivity index (χ4n) is 6.84. The number of nitrogens with one attached hydrogen (secondary N) is 1. The minimum Gasteiger partial charge on any atom is -0.391 e. The van der Waals surface area contributed by atoms with E-state index in [2.05, 4.69) is 19.2 Å². The molecule has 0 aliphatic carbocycles. The summed E-state index contributed by atoms with van der Waals surface area (Å²) in [5, 5.41) is 13.8. The van der Waals surface area contributed by atoms with Gasteiger partial charge in [-0.25, -0.2) is 4.57 Å². The van der Waals surface area contributed by atoms with Crippen molar-refractivity contribution in [2.24, 2.45) is 5.73 Å². The number of phosphoric ester groups is 1. The summed E-state index contributed by atoms with van der Waals surface area (Å²) in [7, 11) is -4.31. The number of aliphatic hydroxyl groups excluding tert-OH is 1. The van der Waals surface area contributed by atoms with Crippen LogP contribution in [-0.4, -0.2) is 47.8 Å². The summed E-state index contributed by atoms with van der Waals surface area (Å²) in [6, 6.07) is -0.767. The van der Waals surface area contributed by atoms with E-state index < -0.39 is 20.0 Å². The maximum Gasteiger partial charge on any atom is 0.472 e. The zero-order valence-corrected chi connectivity index (χ0v) is 34.8. The molecule has 0 spiro atoms. The summed E-state index contributed by atoms with van der Waals surface area (Å²) in [5.41, 5.74) is 5.38. The second-order valence-corrected chi connectivity index (χ2v) is 16.7. The van der Waals surface area contributed by atoms with Gasteiger partial charge in [-0.15, -0.1) is 0 Å². The summed E-state index contributed by atoms with van der Waals surface area (Å²) in [6.45, 7) is 4.23. The number of rotatable bonds is 42. The van der Waals surface area contributed by atoms with E-state index in [9.17, 15) is 19.4 Å². The normalized spacial score (nSPS) is 14.1. The van der Waals surface area contributed by atoms with E-state index in [0.717, 1.165) is 38.5 Å². The van der Waals surface area contributed by atoms with E-state index in [1.807, 2.05) is 0 Å². The van der Waals surface area contributed by atoms with E-state index in [1.165, 1.54) is 167 Å². The van der Waals surface area contributed by atoms with Crippen LogP contribution in [0.15, 0.2) is 0 Å². The first-order valence-corrected chi connectivity index (χ1v) is 23.6. The van der Waals surface area contributed by atoms with Crippen molar-refractivity contribution in [3.8, 4) is 0 Å². The van der Waals surface area contributed by atoms with Gasteiger partial charge in [0.05, 0.1) is 25.4 Å². The van der Waals surface area contributed by atoms with E-state index in [0.29, 0.717) is 12.8 Å². The molecular formula is C42H87N2O6P. The van der Waals surface area contributed by atoms with Crippen LogP contribution < -0.4 is 11.1 Å². The van der Waals surface area contributed by atoms with Gasteiger partial charge in [-0.3, -0.25) is 13.8 Å². The molecule has 9 heteroatoms. The molecule has 0 saturated carbocycles. The Morgan fingerprint density at radius 2 is 0.902 bits per heavy atom. The number of carbonyl (C=O) groups is 1. The molecule has 8 nitrogen and oxygen atoms in total. The summed E-state index contributed by atoms with van der Waals surface area (Å²) in [5.74, 6) is -0.158. The Morgan fingerprint density at radius 1 is 0.569 bits per heavy atom. The lowest BCUT2D eigenvalue weighted by atomic mass is 10.0. The van der Waals surface area contributed by atoms with Crippen LogP contribution in [0.5, 0.6) is 0 Å². The van der Waals surface area contributed by atoms with E-state index in [1.54, 1.807) is 0 Å². The SMILES string of the molecule is CCCCCCCCCCCCCCCCCCCCCCC(O)C(COP(=O)(O)OCCN)NC(=O)CCCCCCCCCCCCCC. The topological polar surface area (TPSA) is 131 Å². The fourth-order valence-corrected chi connectivity index (χ4v) is 7.60. The first kappa shape index (κ1) is 50.5. The van der Waals surface area contributed by atoms with Crippen LogP contribution >= 0.6 is 7.82 Å². The predicted octanol–water partition coefficient (Wildman–Crippen LogP) is 12.2. The van der Waals surface area contributed by atoms with Crippen molar-refractivity contribution in [3.63, 3.8) is 0 Å². The van der Waals surface area contributed by atoms with Crippen LogP contribution in [0.25, 0.3) is 0 Å². The van der Waals surface area contributed by atoms with Gasteiger partial charge in [0.25, 0.3) is 0 Å². The summed E-state index contributed by atoms with van der Waals surface area (Å²) >= 11 is 0. The highest BCUT2D eigenvalue weighted by atomic mass is 31.2. The zero-order chi connectivity index (χ0) is 37.5. The highest BCUT2D eigenvalue weighted by Gasteiger charge is 2.27. The molecular weight excluding hydrogens is 659 g/mol. The minimum absolute atomic E-state index is 0.0924. The minimum atomic E-state index is -4.31. The van der Waals surface area contributed by atoms with Crippen molar-refractivity contribution in [2.75, 3.05) is 19.8 Å². The number of nitrogens with two attached hydrogens (primary N) is 1. The van der Waals surface area contributed by atoms with Gasteiger partial charge in [-0.2, -0.15) is 0 Å². The molecule has 3 unspecified atom stereocenters. The van der Waals surface area contributed by atoms with Crippen LogP contribution in [-0.2, 0) is 18.4 Å². The number of phosphoric acid groups is 1. The van der Waals surface area contributed by atoms with Crippen molar-refractivity contribution in [1.82, 2.24) is 5.32 Å². The van der Waals surface area contributed by atoms with Gasteiger partial charge in [0.2, 0.25) is 5.91 Å². The van der Waals surface area contributed by atoms with Gasteiger partial charge in [0, 0.05) is 13.0 Å². The number of aliphatic hydroxyl groups is 1. The Morgan fingerprint density at radius 3 is 1.25 bits per heavy atom. The van der Waals surface area contributed by atoms with Gasteiger partial charge in [-0.1, -0.05) is 213 Å². The van der Waals surface area contributed by atoms with Gasteiger partial charge in [0.15, 0.2) is 0 Å². The Balaban J connectivity index is 4.07. The Kier molecular flexibility index (Phi) is 38.8. The van der Waals surface area contributed by atoms with Crippen molar-refractivity contribution in [1.29, 1.82) is 0 Å². The average Bonchev–Trinajstić information content (AvgIpc) is 3.12. The lowest BCUT2D eigenvalue weighted by molar-refractivity contribution is -0.123. The van der Waals surface area contributed by atoms with Gasteiger partial charge in [-0.05, 0) is 12.8 Å². The third kappa shape index (κ3) is 37.6. The Labute approximate surface area is 316 Å². The van der Waals surface area contributed by atoms with Crippen LogP contribution in [0.4, 0.5) is 0 Å². The average molecular weight is 747 g/mol. The predicted molar refractivity (Wildman–Crippen MR) is 217 cm³/mol. The zero-order valence-electron chi connectivity index (χ0n) is 33.9. The van der Waals surface area contributed by atoms with Crippen LogP contribution in [0.1, 0.15) is 232 Å². The lowest BCUT2D eigenvalue weighted by Gasteiger charge is -2.25. The summed E-state index contributed by atoms with van der Waals surface area (Å²) < 4.78 is 22.2. The molecule has 0 rings (SSSR count). The Bertz CT molecular complexity index is 774. The smallest absolute Gasteiger partial charge is 0.391 e. The molecule has 0 aliphatic heterocycles.